The minimum Gasteiger partial charge on any atom is -0.489 e. The van der Waals surface area contributed by atoms with Crippen LogP contribution in [-0.2, 0) is 11.4 Å². The minimum absolute atomic E-state index is 0.0520. The predicted octanol–water partition coefficient (Wildman–Crippen LogP) is 7.12. The molecule has 1 aliphatic heterocycles. The third-order valence-corrected chi connectivity index (χ3v) is 7.61. The van der Waals surface area contributed by atoms with E-state index in [-0.39, 0.29) is 34.6 Å². The monoisotopic (exact) mass is 545 g/mol. The minimum atomic E-state index is -0.657. The molecular weight excluding hydrogens is 520 g/mol. The first-order valence-electron chi connectivity index (χ1n) is 12.6. The Bertz CT molecular complexity index is 1590. The Morgan fingerprint density at radius 1 is 1.08 bits per heavy atom. The molecule has 0 fully saturated rings. The van der Waals surface area contributed by atoms with Crippen LogP contribution in [0.5, 0.6) is 5.75 Å². The number of Topliss-reactive ketones (excluding diaryl/α,β-unsaturated/α-hetero) is 1. The molecule has 198 valence electrons. The lowest BCUT2D eigenvalue weighted by atomic mass is 9.74. The summed E-state index contributed by atoms with van der Waals surface area (Å²) in [4.78, 5) is 15.1. The van der Waals surface area contributed by atoms with Crippen LogP contribution in [0.15, 0.2) is 77.3 Å². The largest absolute Gasteiger partial charge is 0.489 e. The van der Waals surface area contributed by atoms with E-state index in [4.69, 9.17) is 22.1 Å². The van der Waals surface area contributed by atoms with Gasteiger partial charge < -0.3 is 10.5 Å². The summed E-state index contributed by atoms with van der Waals surface area (Å²) >= 11 is 6.08. The zero-order valence-electron chi connectivity index (χ0n) is 21.5. The third-order valence-electron chi connectivity index (χ3n) is 7.32. The van der Waals surface area contributed by atoms with E-state index >= 15 is 0 Å². The van der Waals surface area contributed by atoms with Gasteiger partial charge in [0, 0.05) is 23.4 Å². The topological polar surface area (TPSA) is 79.4 Å². The van der Waals surface area contributed by atoms with E-state index in [9.17, 15) is 18.8 Å². The number of halogens is 3. The van der Waals surface area contributed by atoms with Gasteiger partial charge in [-0.3, -0.25) is 9.69 Å². The van der Waals surface area contributed by atoms with Crippen LogP contribution in [0.2, 0.25) is 5.02 Å². The van der Waals surface area contributed by atoms with Crippen LogP contribution in [0.25, 0.3) is 0 Å². The second-order valence-corrected chi connectivity index (χ2v) is 10.2. The van der Waals surface area contributed by atoms with Gasteiger partial charge in [-0.2, -0.15) is 5.26 Å². The van der Waals surface area contributed by atoms with E-state index in [0.717, 1.165) is 22.3 Å². The number of nitrogens with zero attached hydrogens (tertiary/aromatic N) is 2. The van der Waals surface area contributed by atoms with Gasteiger partial charge in [-0.25, -0.2) is 8.78 Å². The zero-order valence-corrected chi connectivity index (χ0v) is 22.3. The lowest BCUT2D eigenvalue weighted by Gasteiger charge is -2.40. The number of anilines is 1. The second kappa shape index (κ2) is 10.5. The fourth-order valence-electron chi connectivity index (χ4n) is 5.39. The van der Waals surface area contributed by atoms with Crippen molar-refractivity contribution in [1.82, 2.24) is 0 Å². The number of ether oxygens (including phenoxy) is 1. The van der Waals surface area contributed by atoms with E-state index in [1.54, 1.807) is 17.0 Å². The maximum atomic E-state index is 13.9. The molecule has 2 aliphatic rings. The second-order valence-electron chi connectivity index (χ2n) is 9.79. The number of ketones is 1. The smallest absolute Gasteiger partial charge is 0.161 e. The average molecular weight is 546 g/mol. The van der Waals surface area contributed by atoms with Gasteiger partial charge >= 0.3 is 0 Å². The van der Waals surface area contributed by atoms with Crippen LogP contribution in [0.1, 0.15) is 47.4 Å². The number of allylic oxidation sites excluding steroid dienone is 3. The van der Waals surface area contributed by atoms with Gasteiger partial charge in [-0.1, -0.05) is 23.7 Å². The van der Waals surface area contributed by atoms with Crippen molar-refractivity contribution < 1.29 is 18.3 Å². The average Bonchev–Trinajstić information content (AvgIpc) is 2.90. The van der Waals surface area contributed by atoms with Crippen molar-refractivity contribution in [2.45, 2.75) is 45.6 Å². The molecule has 0 aromatic heterocycles. The Morgan fingerprint density at radius 2 is 1.82 bits per heavy atom. The summed E-state index contributed by atoms with van der Waals surface area (Å²) in [6.45, 7) is 4.13. The molecule has 0 spiro atoms. The van der Waals surface area contributed by atoms with Crippen LogP contribution in [0.3, 0.4) is 0 Å². The summed E-state index contributed by atoms with van der Waals surface area (Å²) in [6, 6.07) is 16.2. The van der Waals surface area contributed by atoms with Gasteiger partial charge in [0.25, 0.3) is 0 Å². The lowest BCUT2D eigenvalue weighted by molar-refractivity contribution is -0.116. The third kappa shape index (κ3) is 4.88. The molecule has 8 heteroatoms. The first kappa shape index (κ1) is 26.5. The number of nitriles is 1. The van der Waals surface area contributed by atoms with Crippen molar-refractivity contribution in [2.75, 3.05) is 4.90 Å². The summed E-state index contributed by atoms with van der Waals surface area (Å²) in [7, 11) is 0. The highest BCUT2D eigenvalue weighted by atomic mass is 35.5. The molecule has 0 radical (unpaired) electrons. The Kier molecular flexibility index (Phi) is 7.16. The summed E-state index contributed by atoms with van der Waals surface area (Å²) < 4.78 is 33.2. The molecule has 3 aromatic rings. The highest BCUT2D eigenvalue weighted by Gasteiger charge is 2.41. The molecule has 1 aliphatic carbocycles. The Balaban J connectivity index is 1.62. The van der Waals surface area contributed by atoms with Crippen molar-refractivity contribution in [3.05, 3.63) is 116 Å². The quantitative estimate of drug-likeness (QED) is 0.369. The molecule has 1 unspecified atom stereocenters. The standard InChI is InChI=1S/C31H26ClF2N3O2/c1-17-12-18(2)23(13-19(17)16-39-22-9-6-20(33)7-10-22)29-24(15-35)31(36)37(21-8-11-26(34)25(32)14-21)27-4-3-5-28(38)30(27)29/h6-14,29H,3-5,16,36H2,1-2H3. The molecule has 2 N–H and O–H groups in total. The molecule has 1 heterocycles. The van der Waals surface area contributed by atoms with Crippen molar-refractivity contribution in [3.8, 4) is 11.8 Å². The van der Waals surface area contributed by atoms with Gasteiger partial charge in [0.15, 0.2) is 5.78 Å². The van der Waals surface area contributed by atoms with Crippen LogP contribution in [-0.4, -0.2) is 5.78 Å². The van der Waals surface area contributed by atoms with Gasteiger partial charge in [0.1, 0.15) is 29.8 Å². The fourth-order valence-corrected chi connectivity index (χ4v) is 5.57. The Morgan fingerprint density at radius 3 is 2.51 bits per heavy atom. The maximum absolute atomic E-state index is 13.9. The Hall–Kier alpha value is -4.15. The molecule has 5 nitrogen and oxygen atoms in total. The van der Waals surface area contributed by atoms with Crippen LogP contribution in [0.4, 0.5) is 14.5 Å². The van der Waals surface area contributed by atoms with Gasteiger partial charge in [0.05, 0.1) is 22.6 Å². The first-order chi connectivity index (χ1) is 18.7. The summed E-state index contributed by atoms with van der Waals surface area (Å²) in [5.74, 6) is -0.918. The molecule has 1 atom stereocenters. The normalized spacial score (nSPS) is 17.3. The van der Waals surface area contributed by atoms with Gasteiger partial charge in [0.2, 0.25) is 0 Å². The molecular formula is C31H26ClF2N3O2. The number of nitrogens with two attached hydrogens (primary N) is 1. The van der Waals surface area contributed by atoms with Crippen molar-refractivity contribution >= 4 is 23.1 Å². The SMILES string of the molecule is Cc1cc(C)c(C2C(C#N)=C(N)N(c3ccc(F)c(Cl)c3)C3=C2C(=O)CCC3)cc1COc1ccc(F)cc1. The number of carbonyl (C=O) groups excluding carboxylic acids is 1. The number of aryl methyl sites for hydroxylation is 2. The molecule has 5 rings (SSSR count). The molecule has 0 saturated heterocycles. The highest BCUT2D eigenvalue weighted by Crippen LogP contribution is 2.47. The molecule has 0 saturated carbocycles. The van der Waals surface area contributed by atoms with E-state index in [1.165, 1.54) is 30.3 Å². The molecule has 39 heavy (non-hydrogen) atoms. The summed E-state index contributed by atoms with van der Waals surface area (Å²) in [5.41, 5.74) is 12.1. The number of carbonyl (C=O) groups is 1. The summed E-state index contributed by atoms with van der Waals surface area (Å²) in [5, 5.41) is 10.3. The maximum Gasteiger partial charge on any atom is 0.161 e. The number of rotatable bonds is 5. The van der Waals surface area contributed by atoms with Crippen LogP contribution in [0, 0.1) is 36.8 Å². The van der Waals surface area contributed by atoms with Crippen LogP contribution < -0.4 is 15.4 Å². The number of hydrogen-bond donors (Lipinski definition) is 1. The summed E-state index contributed by atoms with van der Waals surface area (Å²) in [6.07, 6.45) is 1.56. The van der Waals surface area contributed by atoms with Crippen molar-refractivity contribution in [3.63, 3.8) is 0 Å². The number of benzene rings is 3. The zero-order chi connectivity index (χ0) is 27.8. The Labute approximate surface area is 230 Å². The van der Waals surface area contributed by atoms with Gasteiger partial charge in [-0.15, -0.1) is 0 Å². The van der Waals surface area contributed by atoms with Crippen LogP contribution >= 0.6 is 11.6 Å². The first-order valence-corrected chi connectivity index (χ1v) is 13.0. The molecule has 3 aromatic carbocycles. The molecule has 0 bridgehead atoms. The number of hydrogen-bond acceptors (Lipinski definition) is 5. The van der Waals surface area contributed by atoms with Crippen molar-refractivity contribution in [2.24, 2.45) is 5.73 Å². The van der Waals surface area contributed by atoms with E-state index < -0.39 is 11.7 Å². The fraction of sp³-hybridized carbons (Fsp3) is 0.226. The highest BCUT2D eigenvalue weighted by molar-refractivity contribution is 6.31. The van der Waals surface area contributed by atoms with Gasteiger partial charge in [-0.05, 0) is 91.4 Å². The van der Waals surface area contributed by atoms with E-state index in [0.29, 0.717) is 42.0 Å². The van der Waals surface area contributed by atoms with E-state index in [1.807, 2.05) is 26.0 Å². The lowest BCUT2D eigenvalue weighted by Crippen LogP contribution is -2.39. The predicted molar refractivity (Wildman–Crippen MR) is 146 cm³/mol. The molecule has 0 amide bonds. The van der Waals surface area contributed by atoms with Crippen molar-refractivity contribution in [1.29, 1.82) is 5.26 Å². The van der Waals surface area contributed by atoms with E-state index in [2.05, 4.69) is 6.07 Å².